The molecule has 51 heavy (non-hydrogen) atoms. The van der Waals surface area contributed by atoms with Crippen molar-refractivity contribution >= 4 is 45.8 Å². The van der Waals surface area contributed by atoms with Crippen LogP contribution in [0, 0.1) is 5.92 Å². The summed E-state index contributed by atoms with van der Waals surface area (Å²) in [6, 6.07) is 6.81. The number of phenolic OH excluding ortho intramolecular Hbond substituents is 3. The monoisotopic (exact) mass is 700 g/mol. The summed E-state index contributed by atoms with van der Waals surface area (Å²) in [5, 5.41) is 57.1. The molecule has 0 saturated heterocycles. The van der Waals surface area contributed by atoms with Crippen LogP contribution in [-0.2, 0) is 23.9 Å². The van der Waals surface area contributed by atoms with Crippen LogP contribution in [0.15, 0.2) is 41.5 Å². The molecule has 266 valence electrons. The first kappa shape index (κ1) is 35.4. The van der Waals surface area contributed by atoms with Crippen molar-refractivity contribution in [3.63, 3.8) is 0 Å². The van der Waals surface area contributed by atoms with E-state index in [0.29, 0.717) is 0 Å². The van der Waals surface area contributed by atoms with Crippen molar-refractivity contribution in [3.05, 3.63) is 63.7 Å². The minimum atomic E-state index is -1.85. The van der Waals surface area contributed by atoms with Gasteiger partial charge in [-0.15, -0.1) is 0 Å². The van der Waals surface area contributed by atoms with E-state index in [1.807, 2.05) is 0 Å². The molecule has 3 aromatic rings. The average molecular weight is 701 g/mol. The van der Waals surface area contributed by atoms with Crippen molar-refractivity contribution < 1.29 is 63.8 Å². The molecule has 6 rings (SSSR count). The Morgan fingerprint density at radius 2 is 1.22 bits per heavy atom. The van der Waals surface area contributed by atoms with Gasteiger partial charge in [0, 0.05) is 49.0 Å². The number of aliphatic hydroxyl groups is 2. The zero-order valence-corrected chi connectivity index (χ0v) is 28.6. The number of allylic oxidation sites excluding steroid dienone is 1. The maximum absolute atomic E-state index is 14.0. The third-order valence-electron chi connectivity index (χ3n) is 10.2. The Hall–Kier alpha value is -5.40. The Bertz CT molecular complexity index is 2170. The van der Waals surface area contributed by atoms with Crippen LogP contribution in [0.5, 0.6) is 17.2 Å². The number of hydrogen-bond acceptors (Lipinski definition) is 13. The van der Waals surface area contributed by atoms with E-state index < -0.39 is 112 Å². The maximum Gasteiger partial charge on any atom is 0.302 e. The number of esters is 2. The lowest BCUT2D eigenvalue weighted by atomic mass is 9.64. The summed E-state index contributed by atoms with van der Waals surface area (Å²) >= 11 is 0. The fourth-order valence-electron chi connectivity index (χ4n) is 8.39. The van der Waals surface area contributed by atoms with Gasteiger partial charge in [-0.05, 0) is 62.9 Å². The van der Waals surface area contributed by atoms with Gasteiger partial charge < -0.3 is 35.0 Å². The molecule has 0 heterocycles. The molecule has 3 aliphatic rings. The van der Waals surface area contributed by atoms with Crippen molar-refractivity contribution in [2.24, 2.45) is 5.92 Å². The Morgan fingerprint density at radius 1 is 0.706 bits per heavy atom. The van der Waals surface area contributed by atoms with E-state index in [0.717, 1.165) is 6.92 Å². The van der Waals surface area contributed by atoms with Crippen molar-refractivity contribution in [3.8, 4) is 28.4 Å². The normalized spacial score (nSPS) is 25.6. The molecule has 13 nitrogen and oxygen atoms in total. The van der Waals surface area contributed by atoms with Crippen LogP contribution >= 0.6 is 0 Å². The lowest BCUT2D eigenvalue weighted by molar-refractivity contribution is -0.153. The van der Waals surface area contributed by atoms with Gasteiger partial charge in [-0.3, -0.25) is 28.8 Å². The number of carbonyl (C=O) groups is 6. The van der Waals surface area contributed by atoms with Crippen LogP contribution in [0.4, 0.5) is 0 Å². The highest BCUT2D eigenvalue weighted by Crippen LogP contribution is 2.52. The van der Waals surface area contributed by atoms with Crippen molar-refractivity contribution in [2.45, 2.75) is 83.7 Å². The van der Waals surface area contributed by atoms with E-state index in [-0.39, 0.29) is 44.2 Å². The molecule has 0 aliphatic heterocycles. The zero-order chi connectivity index (χ0) is 37.6. The minimum Gasteiger partial charge on any atom is -0.507 e. The fraction of sp³-hybridized carbons (Fsp3) is 0.368. The first-order chi connectivity index (χ1) is 23.7. The highest BCUT2D eigenvalue weighted by atomic mass is 16.5. The summed E-state index contributed by atoms with van der Waals surface area (Å²) in [5.41, 5.74) is -5.42. The number of fused-ring (bicyclic) bond motifs is 3. The predicted octanol–water partition coefficient (Wildman–Crippen LogP) is 3.96. The third-order valence-corrected chi connectivity index (χ3v) is 10.2. The number of benzene rings is 3. The quantitative estimate of drug-likeness (QED) is 0.188. The molecule has 0 unspecified atom stereocenters. The van der Waals surface area contributed by atoms with Gasteiger partial charge in [0.2, 0.25) is 5.78 Å². The molecular formula is C38H36O13. The summed E-state index contributed by atoms with van der Waals surface area (Å²) in [6.45, 7) is 8.05. The first-order valence-electron chi connectivity index (χ1n) is 16.3. The van der Waals surface area contributed by atoms with E-state index in [1.54, 1.807) is 6.92 Å². The molecule has 0 amide bonds. The van der Waals surface area contributed by atoms with Gasteiger partial charge in [0.1, 0.15) is 29.5 Å². The zero-order valence-electron chi connectivity index (χ0n) is 28.6. The van der Waals surface area contributed by atoms with Gasteiger partial charge in [-0.25, -0.2) is 0 Å². The number of rotatable bonds is 5. The van der Waals surface area contributed by atoms with Gasteiger partial charge >= 0.3 is 11.9 Å². The summed E-state index contributed by atoms with van der Waals surface area (Å²) in [7, 11) is 0. The summed E-state index contributed by atoms with van der Waals surface area (Å²) in [6.07, 6.45) is -3.00. The molecule has 0 radical (unpaired) electrons. The predicted molar refractivity (Wildman–Crippen MR) is 179 cm³/mol. The Labute approximate surface area is 291 Å². The van der Waals surface area contributed by atoms with Crippen LogP contribution in [-0.4, -0.2) is 84.0 Å². The second-order valence-electron chi connectivity index (χ2n) is 14.1. The molecule has 5 N–H and O–H groups in total. The Kier molecular flexibility index (Phi) is 8.23. The largest absolute Gasteiger partial charge is 0.507 e. The number of ether oxygens (including phenoxy) is 2. The molecule has 3 aliphatic carbocycles. The Balaban J connectivity index is 1.51. The first-order valence-corrected chi connectivity index (χ1v) is 16.3. The molecular weight excluding hydrogens is 664 g/mol. The van der Waals surface area contributed by atoms with Crippen molar-refractivity contribution in [2.75, 3.05) is 0 Å². The van der Waals surface area contributed by atoms with E-state index in [9.17, 15) is 54.3 Å². The smallest absolute Gasteiger partial charge is 0.302 e. The minimum absolute atomic E-state index is 0.0996. The molecule has 0 spiro atoms. The van der Waals surface area contributed by atoms with Gasteiger partial charge in [0.05, 0.1) is 45.1 Å². The SMILES string of the molecule is CC(=O)O[C@@H](C)[C@@H]1C2=C(C(=O)C[C@]1(C)O)C(=O)c1c(ccc(-c3ccc4cc5c(c(O)c4c3O)C(=O)C[C@](C)(O)[C@@H]5[C@H](C)OC(C)=O)c1O)C2=O. The van der Waals surface area contributed by atoms with Crippen molar-refractivity contribution in [1.29, 1.82) is 0 Å². The molecule has 13 heteroatoms. The van der Waals surface area contributed by atoms with E-state index in [1.165, 1.54) is 58.0 Å². The second kappa shape index (κ2) is 11.8. The van der Waals surface area contributed by atoms with Gasteiger partial charge in [-0.2, -0.15) is 0 Å². The number of Topliss-reactive ketones (excluding diaryl/α,β-unsaturated/α-hetero) is 4. The molecule has 0 aromatic heterocycles. The molecule has 0 saturated carbocycles. The average Bonchev–Trinajstić information content (AvgIpc) is 2.97. The third kappa shape index (κ3) is 5.38. The number of hydrogen-bond donors (Lipinski definition) is 5. The number of carbonyl (C=O) groups excluding carboxylic acids is 6. The topological polar surface area (TPSA) is 222 Å². The molecule has 0 bridgehead atoms. The molecule has 0 fully saturated rings. The van der Waals surface area contributed by atoms with Crippen LogP contribution in [0.3, 0.4) is 0 Å². The second-order valence-corrected chi connectivity index (χ2v) is 14.1. The Morgan fingerprint density at radius 3 is 1.82 bits per heavy atom. The maximum atomic E-state index is 14.0. The number of ketones is 4. The summed E-state index contributed by atoms with van der Waals surface area (Å²) in [4.78, 5) is 78.1. The van der Waals surface area contributed by atoms with Gasteiger partial charge in [-0.1, -0.05) is 6.07 Å². The highest BCUT2D eigenvalue weighted by molar-refractivity contribution is 6.38. The fourth-order valence-corrected chi connectivity index (χ4v) is 8.39. The van der Waals surface area contributed by atoms with E-state index in [2.05, 4.69) is 0 Å². The van der Waals surface area contributed by atoms with Gasteiger partial charge in [0.15, 0.2) is 17.3 Å². The van der Waals surface area contributed by atoms with Crippen LogP contribution in [0.25, 0.3) is 21.9 Å². The number of aromatic hydroxyl groups is 3. The lowest BCUT2D eigenvalue weighted by Gasteiger charge is -2.42. The van der Waals surface area contributed by atoms with Gasteiger partial charge in [0.25, 0.3) is 0 Å². The summed E-state index contributed by atoms with van der Waals surface area (Å²) in [5.74, 6) is -8.76. The lowest BCUT2D eigenvalue weighted by Crippen LogP contribution is -2.52. The van der Waals surface area contributed by atoms with E-state index in [4.69, 9.17) is 9.47 Å². The molecule has 3 aromatic carbocycles. The van der Waals surface area contributed by atoms with Crippen LogP contribution in [0.2, 0.25) is 0 Å². The van der Waals surface area contributed by atoms with Crippen LogP contribution < -0.4 is 0 Å². The summed E-state index contributed by atoms with van der Waals surface area (Å²) < 4.78 is 10.6. The standard InChI is InChI=1S/C38H36O13/c1-14(50-16(3)39)30-22-11-18-7-8-19(32(43)25(18)35(46)26(22)23(41)12-37(30,5)48)20-9-10-21-27(33(20)44)36(47)28-24(42)13-38(6,49)31(29(28)34(21)45)15(2)51-17(4)40/h7-11,14-15,30-31,43-44,46,48-49H,12-13H2,1-6H3/t14-,15-,30+,31+,37-,38-/m0/s1. The number of phenols is 3. The molecule has 6 atom stereocenters. The van der Waals surface area contributed by atoms with E-state index >= 15 is 0 Å². The highest BCUT2D eigenvalue weighted by Gasteiger charge is 2.54. The van der Waals surface area contributed by atoms with Crippen molar-refractivity contribution in [1.82, 2.24) is 0 Å². The van der Waals surface area contributed by atoms with Crippen LogP contribution in [0.1, 0.15) is 96.9 Å².